The van der Waals surface area contributed by atoms with Crippen molar-refractivity contribution in [2.75, 3.05) is 126 Å². The number of carbonyl (C=O) groups excluding carboxylic acids is 3. The minimum absolute atomic E-state index is 0.000557. The van der Waals surface area contributed by atoms with Gasteiger partial charge >= 0.3 is 5.97 Å². The number of pyridine rings is 1. The number of likely N-dealkylation sites (N-methyl/N-ethyl adjacent to an activating group) is 2. The number of thioether (sulfide) groups is 1. The van der Waals surface area contributed by atoms with Crippen LogP contribution in [0.25, 0.3) is 0 Å². The SMILES string of the molecule is CC=C1CC2C=Nc3cc(OCc4cc(OCCN(C)CC(C)(C)SCC(=O)N(C)CCOCCOCCOCCOCCC(=O)On5c(O)ccc5O)cc(COc5cc6c(cc5OC)C(=O)N5CC(=CC)CC5C=N6)n4)c(OC)cc3C(=N)N2C1. The second-order valence-corrected chi connectivity index (χ2v) is 23.4. The quantitative estimate of drug-likeness (QED) is 0.0327. The minimum atomic E-state index is -0.680. The number of aliphatic imine (C=N–C) groups is 2. The average Bonchev–Trinajstić information content (AvgIpc) is 3.25. The van der Waals surface area contributed by atoms with E-state index in [0.29, 0.717) is 158 Å². The molecule has 2 aromatic heterocycles. The monoisotopic (exact) mass is 1220 g/mol. The number of aromatic hydroxyl groups is 2. The van der Waals surface area contributed by atoms with Gasteiger partial charge in [-0.15, -0.1) is 16.5 Å². The van der Waals surface area contributed by atoms with Crippen molar-refractivity contribution in [2.45, 2.75) is 77.0 Å². The van der Waals surface area contributed by atoms with Crippen LogP contribution in [0.2, 0.25) is 0 Å². The molecular formula is C62H81N9O15S. The Morgan fingerprint density at radius 3 is 1.80 bits per heavy atom. The highest BCUT2D eigenvalue weighted by molar-refractivity contribution is 8.01. The predicted molar refractivity (Wildman–Crippen MR) is 328 cm³/mol. The number of amidine groups is 1. The molecule has 25 heteroatoms. The Balaban J connectivity index is 0.789. The third-order valence-electron chi connectivity index (χ3n) is 14.9. The standard InChI is InChI=1S/C62H81N9O15S/c1-9-41-25-45-33-64-50-31-54(52(77-7)29-48(50)60(63)69(45)35-41)84-37-43-27-47(28-44(66-43)38-85-55-32-51-49(30-53(55)78-8)61(76)70-36-42(10-2)26-46(70)34-65-51)83-18-14-67(5)40-62(3,4)87-39-58(74)68(6)15-17-80-20-22-82-24-23-81-21-19-79-16-13-59(75)86-71-56(72)11-12-57(71)73/h9-12,27-34,45-46,63,72-73H,13-26,35-40H2,1-8H3. The number of amides is 2. The maximum absolute atomic E-state index is 13.8. The van der Waals surface area contributed by atoms with Gasteiger partial charge in [0.2, 0.25) is 17.7 Å². The molecule has 470 valence electrons. The molecule has 2 unspecified atom stereocenters. The summed E-state index contributed by atoms with van der Waals surface area (Å²) < 4.78 is 53.4. The Labute approximate surface area is 512 Å². The number of aromatic nitrogens is 2. The lowest BCUT2D eigenvalue weighted by atomic mass is 10.1. The predicted octanol–water partition coefficient (Wildman–Crippen LogP) is 6.80. The maximum Gasteiger partial charge on any atom is 0.335 e. The number of nitrogens with one attached hydrogen (secondary N) is 1. The Hall–Kier alpha value is -7.68. The fourth-order valence-corrected chi connectivity index (χ4v) is 11.1. The zero-order chi connectivity index (χ0) is 62.0. The van der Waals surface area contributed by atoms with Crippen LogP contribution in [0.15, 0.2) is 81.8 Å². The van der Waals surface area contributed by atoms with Crippen LogP contribution in [-0.2, 0) is 41.8 Å². The minimum Gasteiger partial charge on any atom is -0.493 e. The number of hydrogen-bond acceptors (Lipinski definition) is 21. The molecule has 2 atom stereocenters. The van der Waals surface area contributed by atoms with E-state index in [-0.39, 0.29) is 61.5 Å². The summed E-state index contributed by atoms with van der Waals surface area (Å²) in [6.07, 6.45) is 9.38. The number of ether oxygens (including phenoxy) is 9. The van der Waals surface area contributed by atoms with E-state index < -0.39 is 17.7 Å². The van der Waals surface area contributed by atoms with Crippen molar-refractivity contribution in [3.05, 3.63) is 94.3 Å². The van der Waals surface area contributed by atoms with Gasteiger partial charge in [-0.3, -0.25) is 30.0 Å². The van der Waals surface area contributed by atoms with Gasteiger partial charge in [-0.2, -0.15) is 0 Å². The first-order chi connectivity index (χ1) is 42.0. The summed E-state index contributed by atoms with van der Waals surface area (Å²) in [5, 5.41) is 28.2. The third kappa shape index (κ3) is 18.0. The third-order valence-corrected chi connectivity index (χ3v) is 16.2. The Morgan fingerprint density at radius 2 is 1.23 bits per heavy atom. The van der Waals surface area contributed by atoms with E-state index in [1.165, 1.54) is 30.4 Å². The fourth-order valence-electron chi connectivity index (χ4n) is 10.1. The molecule has 4 aliphatic rings. The number of rotatable bonds is 33. The highest BCUT2D eigenvalue weighted by Gasteiger charge is 2.36. The lowest BCUT2D eigenvalue weighted by molar-refractivity contribution is -0.146. The number of hydrogen-bond donors (Lipinski definition) is 3. The molecule has 0 aliphatic carbocycles. The van der Waals surface area contributed by atoms with Crippen LogP contribution in [0, 0.1) is 5.41 Å². The maximum atomic E-state index is 13.8. The molecule has 0 spiro atoms. The number of methoxy groups -OCH3 is 2. The van der Waals surface area contributed by atoms with Gasteiger partial charge in [0, 0.05) is 98.9 Å². The van der Waals surface area contributed by atoms with Crippen LogP contribution >= 0.6 is 11.8 Å². The molecule has 4 aromatic rings. The van der Waals surface area contributed by atoms with Gasteiger partial charge in [0.15, 0.2) is 23.0 Å². The highest BCUT2D eigenvalue weighted by atomic mass is 32.2. The molecule has 2 aromatic carbocycles. The van der Waals surface area contributed by atoms with E-state index in [1.54, 1.807) is 55.1 Å². The number of nitrogens with zero attached hydrogens (tertiary/aromatic N) is 8. The molecular weight excluding hydrogens is 1140 g/mol. The first-order valence-electron chi connectivity index (χ1n) is 29.0. The van der Waals surface area contributed by atoms with Crippen molar-refractivity contribution in [3.63, 3.8) is 0 Å². The summed E-state index contributed by atoms with van der Waals surface area (Å²) in [6, 6.07) is 12.9. The second kappa shape index (κ2) is 31.3. The molecule has 2 amide bonds. The van der Waals surface area contributed by atoms with Crippen molar-refractivity contribution in [3.8, 4) is 40.5 Å². The normalized spacial score (nSPS) is 17.1. The summed E-state index contributed by atoms with van der Waals surface area (Å²) in [7, 11) is 6.89. The van der Waals surface area contributed by atoms with E-state index in [0.717, 1.165) is 12.8 Å². The summed E-state index contributed by atoms with van der Waals surface area (Å²) in [6.45, 7) is 14.0. The molecule has 4 aliphatic heterocycles. The highest BCUT2D eigenvalue weighted by Crippen LogP contribution is 2.41. The van der Waals surface area contributed by atoms with Gasteiger partial charge in [-0.05, 0) is 59.7 Å². The number of allylic oxidation sites excluding steroid dienone is 2. The van der Waals surface area contributed by atoms with Crippen molar-refractivity contribution in [1.29, 1.82) is 5.41 Å². The van der Waals surface area contributed by atoms with Crippen LogP contribution in [0.3, 0.4) is 0 Å². The summed E-state index contributed by atoms with van der Waals surface area (Å²) in [5.41, 5.74) is 5.77. The Kier molecular flexibility index (Phi) is 23.5. The fraction of sp³-hybridized carbons (Fsp3) is 0.500. The summed E-state index contributed by atoms with van der Waals surface area (Å²) in [5.74, 6) is 1.33. The zero-order valence-corrected chi connectivity index (χ0v) is 51.7. The van der Waals surface area contributed by atoms with Gasteiger partial charge in [0.05, 0.1) is 120 Å². The van der Waals surface area contributed by atoms with Crippen molar-refractivity contribution >= 4 is 59.2 Å². The van der Waals surface area contributed by atoms with Gasteiger partial charge < -0.3 is 77.3 Å². The van der Waals surface area contributed by atoms with E-state index in [4.69, 9.17) is 67.8 Å². The molecule has 24 nitrogen and oxygen atoms in total. The Bertz CT molecular complexity index is 3030. The molecule has 6 heterocycles. The average molecular weight is 1220 g/mol. The van der Waals surface area contributed by atoms with Crippen LogP contribution in [0.4, 0.5) is 11.4 Å². The van der Waals surface area contributed by atoms with Crippen LogP contribution in [-0.4, -0.2) is 219 Å². The van der Waals surface area contributed by atoms with E-state index in [1.807, 2.05) is 50.4 Å². The lowest BCUT2D eigenvalue weighted by Crippen LogP contribution is -2.38. The molecule has 0 radical (unpaired) electrons. The molecule has 3 N–H and O–H groups in total. The van der Waals surface area contributed by atoms with Crippen molar-refractivity contribution in [2.24, 2.45) is 9.98 Å². The van der Waals surface area contributed by atoms with Crippen molar-refractivity contribution in [1.82, 2.24) is 29.3 Å². The summed E-state index contributed by atoms with van der Waals surface area (Å²) >= 11 is 1.59. The molecule has 0 bridgehead atoms. The van der Waals surface area contributed by atoms with Gasteiger partial charge in [-0.25, -0.2) is 4.79 Å². The first kappa shape index (κ1) is 65.3. The molecule has 0 saturated carbocycles. The summed E-state index contributed by atoms with van der Waals surface area (Å²) in [4.78, 5) is 65.9. The molecule has 2 fully saturated rings. The van der Waals surface area contributed by atoms with Gasteiger partial charge in [0.25, 0.3) is 5.91 Å². The van der Waals surface area contributed by atoms with E-state index in [2.05, 4.69) is 35.8 Å². The first-order valence-corrected chi connectivity index (χ1v) is 30.0. The lowest BCUT2D eigenvalue weighted by Gasteiger charge is -2.30. The molecule has 87 heavy (non-hydrogen) atoms. The molecule has 8 rings (SSSR count). The van der Waals surface area contributed by atoms with Crippen LogP contribution in [0.1, 0.15) is 74.3 Å². The largest absolute Gasteiger partial charge is 0.493 e. The van der Waals surface area contributed by atoms with Gasteiger partial charge in [-0.1, -0.05) is 23.3 Å². The topological polar surface area (TPSA) is 263 Å². The number of fused-ring (bicyclic) bond motifs is 4. The van der Waals surface area contributed by atoms with Crippen LogP contribution < -0.4 is 28.5 Å². The zero-order valence-electron chi connectivity index (χ0n) is 50.9. The number of carbonyl (C=O) groups is 3. The van der Waals surface area contributed by atoms with Crippen molar-refractivity contribution < 1.29 is 72.1 Å². The van der Waals surface area contributed by atoms with Crippen LogP contribution in [0.5, 0.6) is 40.5 Å². The second-order valence-electron chi connectivity index (χ2n) is 21.8. The van der Waals surface area contributed by atoms with E-state index >= 15 is 0 Å². The molecule has 2 saturated heterocycles. The number of benzene rings is 2. The van der Waals surface area contributed by atoms with E-state index in [9.17, 15) is 24.6 Å². The van der Waals surface area contributed by atoms with Gasteiger partial charge in [0.1, 0.15) is 31.4 Å². The Morgan fingerprint density at radius 1 is 0.701 bits per heavy atom. The smallest absolute Gasteiger partial charge is 0.335 e.